The standard InChI is InChI=1S/C19H27NO3/c1-2-18(21)16-8-10-17(11-9-16)23-14-19(22)20-13-12-15-6-4-3-5-7-15/h6,8-11,18,21H,2-5,7,12-14H2,1H3,(H,20,22). The van der Waals surface area contributed by atoms with Crippen LogP contribution in [0.5, 0.6) is 5.75 Å². The van der Waals surface area contributed by atoms with Gasteiger partial charge in [0, 0.05) is 6.54 Å². The summed E-state index contributed by atoms with van der Waals surface area (Å²) in [7, 11) is 0. The molecule has 0 fully saturated rings. The highest BCUT2D eigenvalue weighted by Crippen LogP contribution is 2.20. The predicted molar refractivity (Wildman–Crippen MR) is 91.4 cm³/mol. The molecule has 0 saturated heterocycles. The normalized spacial score (nSPS) is 15.7. The van der Waals surface area contributed by atoms with E-state index in [1.807, 2.05) is 19.1 Å². The van der Waals surface area contributed by atoms with Crippen LogP contribution in [0.2, 0.25) is 0 Å². The Labute approximate surface area is 138 Å². The Bertz CT molecular complexity index is 522. The Kier molecular flexibility index (Phi) is 7.14. The van der Waals surface area contributed by atoms with Gasteiger partial charge in [-0.25, -0.2) is 0 Å². The molecule has 1 aliphatic rings. The van der Waals surface area contributed by atoms with Crippen molar-refractivity contribution >= 4 is 5.91 Å². The average Bonchev–Trinajstić information content (AvgIpc) is 2.60. The van der Waals surface area contributed by atoms with Crippen molar-refractivity contribution in [2.45, 2.75) is 51.6 Å². The molecule has 0 saturated carbocycles. The molecule has 0 radical (unpaired) electrons. The number of nitrogens with one attached hydrogen (secondary N) is 1. The molecule has 4 heteroatoms. The fraction of sp³-hybridized carbons (Fsp3) is 0.526. The number of hydrogen-bond acceptors (Lipinski definition) is 3. The van der Waals surface area contributed by atoms with E-state index < -0.39 is 6.10 Å². The van der Waals surface area contributed by atoms with E-state index in [0.717, 1.165) is 12.0 Å². The van der Waals surface area contributed by atoms with Crippen LogP contribution >= 0.6 is 0 Å². The van der Waals surface area contributed by atoms with Crippen molar-refractivity contribution in [1.29, 1.82) is 0 Å². The molecule has 0 heterocycles. The third kappa shape index (κ3) is 6.06. The lowest BCUT2D eigenvalue weighted by atomic mass is 9.97. The summed E-state index contributed by atoms with van der Waals surface area (Å²) in [6, 6.07) is 7.23. The molecule has 1 unspecified atom stereocenters. The number of hydrogen-bond donors (Lipinski definition) is 2. The summed E-state index contributed by atoms with van der Waals surface area (Å²) in [5, 5.41) is 12.6. The van der Waals surface area contributed by atoms with E-state index >= 15 is 0 Å². The van der Waals surface area contributed by atoms with Gasteiger partial charge in [-0.05, 0) is 56.2 Å². The first-order valence-electron chi connectivity index (χ1n) is 8.54. The lowest BCUT2D eigenvalue weighted by Crippen LogP contribution is -2.30. The van der Waals surface area contributed by atoms with Crippen molar-refractivity contribution in [2.24, 2.45) is 0 Å². The van der Waals surface area contributed by atoms with Crippen LogP contribution in [0.15, 0.2) is 35.9 Å². The summed E-state index contributed by atoms with van der Waals surface area (Å²) in [6.07, 6.45) is 8.38. The molecule has 0 aliphatic heterocycles. The fourth-order valence-corrected chi connectivity index (χ4v) is 2.72. The van der Waals surface area contributed by atoms with Crippen molar-refractivity contribution in [3.63, 3.8) is 0 Å². The van der Waals surface area contributed by atoms with E-state index in [1.54, 1.807) is 12.1 Å². The summed E-state index contributed by atoms with van der Waals surface area (Å²) in [4.78, 5) is 11.8. The number of aliphatic hydroxyl groups excluding tert-OH is 1. The van der Waals surface area contributed by atoms with Gasteiger partial charge in [-0.15, -0.1) is 0 Å². The molecule has 2 rings (SSSR count). The summed E-state index contributed by atoms with van der Waals surface area (Å²) in [6.45, 7) is 2.63. The SMILES string of the molecule is CCC(O)c1ccc(OCC(=O)NCCC2=CCCCC2)cc1. The molecule has 1 atom stereocenters. The number of aliphatic hydroxyl groups is 1. The average molecular weight is 317 g/mol. The van der Waals surface area contributed by atoms with Crippen LogP contribution in [0.25, 0.3) is 0 Å². The largest absolute Gasteiger partial charge is 0.484 e. The second-order valence-electron chi connectivity index (χ2n) is 5.99. The minimum Gasteiger partial charge on any atom is -0.484 e. The Morgan fingerprint density at radius 2 is 2.09 bits per heavy atom. The van der Waals surface area contributed by atoms with E-state index in [1.165, 1.54) is 31.3 Å². The molecule has 23 heavy (non-hydrogen) atoms. The second-order valence-corrected chi connectivity index (χ2v) is 5.99. The maximum Gasteiger partial charge on any atom is 0.257 e. The lowest BCUT2D eigenvalue weighted by Gasteiger charge is -2.13. The van der Waals surface area contributed by atoms with Crippen molar-refractivity contribution in [1.82, 2.24) is 5.32 Å². The Morgan fingerprint density at radius 1 is 1.30 bits per heavy atom. The van der Waals surface area contributed by atoms with E-state index in [2.05, 4.69) is 11.4 Å². The van der Waals surface area contributed by atoms with Crippen LogP contribution < -0.4 is 10.1 Å². The van der Waals surface area contributed by atoms with Crippen molar-refractivity contribution in [3.8, 4) is 5.75 Å². The molecule has 4 nitrogen and oxygen atoms in total. The van der Waals surface area contributed by atoms with Gasteiger partial charge in [0.15, 0.2) is 6.61 Å². The number of ether oxygens (including phenoxy) is 1. The third-order valence-electron chi connectivity index (χ3n) is 4.17. The molecule has 2 N–H and O–H groups in total. The minimum atomic E-state index is -0.443. The van der Waals surface area contributed by atoms with Gasteiger partial charge >= 0.3 is 0 Å². The molecular formula is C19H27NO3. The van der Waals surface area contributed by atoms with Crippen LogP contribution in [0.4, 0.5) is 0 Å². The first kappa shape index (κ1) is 17.5. The molecule has 1 aromatic carbocycles. The number of rotatable bonds is 8. The number of amides is 1. The van der Waals surface area contributed by atoms with Crippen LogP contribution in [-0.4, -0.2) is 24.2 Å². The summed E-state index contributed by atoms with van der Waals surface area (Å²) < 4.78 is 5.47. The van der Waals surface area contributed by atoms with Gasteiger partial charge in [0.1, 0.15) is 5.75 Å². The lowest BCUT2D eigenvalue weighted by molar-refractivity contribution is -0.123. The molecule has 1 amide bonds. The van der Waals surface area contributed by atoms with Gasteiger partial charge in [0.05, 0.1) is 6.10 Å². The molecule has 0 aromatic heterocycles. The van der Waals surface area contributed by atoms with Crippen LogP contribution in [0.1, 0.15) is 57.1 Å². The van der Waals surface area contributed by atoms with Crippen LogP contribution in [-0.2, 0) is 4.79 Å². The molecule has 0 bridgehead atoms. The van der Waals surface area contributed by atoms with E-state index in [0.29, 0.717) is 18.7 Å². The van der Waals surface area contributed by atoms with Gasteiger partial charge in [0.2, 0.25) is 0 Å². The first-order valence-corrected chi connectivity index (χ1v) is 8.54. The van der Waals surface area contributed by atoms with Crippen molar-refractivity contribution < 1.29 is 14.6 Å². The highest BCUT2D eigenvalue weighted by atomic mass is 16.5. The molecule has 126 valence electrons. The highest BCUT2D eigenvalue weighted by molar-refractivity contribution is 5.77. The first-order chi connectivity index (χ1) is 11.2. The fourth-order valence-electron chi connectivity index (χ4n) is 2.72. The maximum atomic E-state index is 11.8. The van der Waals surface area contributed by atoms with Crippen LogP contribution in [0.3, 0.4) is 0 Å². The highest BCUT2D eigenvalue weighted by Gasteiger charge is 2.07. The van der Waals surface area contributed by atoms with Gasteiger partial charge in [-0.2, -0.15) is 0 Å². The third-order valence-corrected chi connectivity index (χ3v) is 4.17. The van der Waals surface area contributed by atoms with E-state index in [-0.39, 0.29) is 12.5 Å². The van der Waals surface area contributed by atoms with Gasteiger partial charge < -0.3 is 15.2 Å². The zero-order chi connectivity index (χ0) is 16.5. The predicted octanol–water partition coefficient (Wildman–Crippen LogP) is 3.52. The Balaban J connectivity index is 1.66. The van der Waals surface area contributed by atoms with Gasteiger partial charge in [0.25, 0.3) is 5.91 Å². The number of benzene rings is 1. The molecule has 1 aromatic rings. The number of allylic oxidation sites excluding steroid dienone is 1. The minimum absolute atomic E-state index is 0.0225. The molecule has 0 spiro atoms. The monoisotopic (exact) mass is 317 g/mol. The van der Waals surface area contributed by atoms with Crippen LogP contribution in [0, 0.1) is 0 Å². The second kappa shape index (κ2) is 9.36. The number of carbonyl (C=O) groups excluding carboxylic acids is 1. The van der Waals surface area contributed by atoms with Crippen molar-refractivity contribution in [3.05, 3.63) is 41.5 Å². The molecular weight excluding hydrogens is 290 g/mol. The quantitative estimate of drug-likeness (QED) is 0.721. The van der Waals surface area contributed by atoms with Crippen molar-refractivity contribution in [2.75, 3.05) is 13.2 Å². The Morgan fingerprint density at radius 3 is 2.74 bits per heavy atom. The van der Waals surface area contributed by atoms with E-state index in [4.69, 9.17) is 4.74 Å². The number of carbonyl (C=O) groups is 1. The topological polar surface area (TPSA) is 58.6 Å². The smallest absolute Gasteiger partial charge is 0.257 e. The zero-order valence-corrected chi connectivity index (χ0v) is 13.9. The summed E-state index contributed by atoms with van der Waals surface area (Å²) >= 11 is 0. The Hall–Kier alpha value is -1.81. The zero-order valence-electron chi connectivity index (χ0n) is 13.9. The molecule has 1 aliphatic carbocycles. The summed E-state index contributed by atoms with van der Waals surface area (Å²) in [5.74, 6) is 0.543. The van der Waals surface area contributed by atoms with Gasteiger partial charge in [-0.3, -0.25) is 4.79 Å². The maximum absolute atomic E-state index is 11.8. The summed E-state index contributed by atoms with van der Waals surface area (Å²) in [5.41, 5.74) is 2.33. The van der Waals surface area contributed by atoms with Gasteiger partial charge in [-0.1, -0.05) is 30.7 Å². The van der Waals surface area contributed by atoms with E-state index in [9.17, 15) is 9.90 Å².